The largest absolute Gasteiger partial charge is 0.466 e. The van der Waals surface area contributed by atoms with Gasteiger partial charge >= 0.3 is 5.97 Å². The molecule has 2 heteroatoms. The van der Waals surface area contributed by atoms with E-state index in [0.29, 0.717) is 6.61 Å². The molecule has 0 unspecified atom stereocenters. The summed E-state index contributed by atoms with van der Waals surface area (Å²) in [5, 5.41) is 0. The summed E-state index contributed by atoms with van der Waals surface area (Å²) in [4.78, 5) is 11.4. The number of ether oxygens (including phenoxy) is 1. The second-order valence-corrected chi connectivity index (χ2v) is 3.95. The minimum absolute atomic E-state index is 0.0150. The van der Waals surface area contributed by atoms with Crippen LogP contribution in [-0.4, -0.2) is 12.6 Å². The van der Waals surface area contributed by atoms with Crippen LogP contribution >= 0.6 is 0 Å². The minimum atomic E-state index is -0.0714. The van der Waals surface area contributed by atoms with Crippen LogP contribution in [-0.2, 0) is 9.53 Å². The van der Waals surface area contributed by atoms with Gasteiger partial charge < -0.3 is 4.74 Å². The maximum Gasteiger partial charge on any atom is 0.308 e. The van der Waals surface area contributed by atoms with E-state index in [1.165, 1.54) is 5.57 Å². The van der Waals surface area contributed by atoms with Gasteiger partial charge in [0.25, 0.3) is 0 Å². The molecule has 0 radical (unpaired) electrons. The highest BCUT2D eigenvalue weighted by Crippen LogP contribution is 2.18. The van der Waals surface area contributed by atoms with E-state index >= 15 is 0 Å². The van der Waals surface area contributed by atoms with Crippen LogP contribution in [0.15, 0.2) is 23.8 Å². The van der Waals surface area contributed by atoms with E-state index in [2.05, 4.69) is 18.2 Å². The topological polar surface area (TPSA) is 26.3 Å². The lowest BCUT2D eigenvalue weighted by atomic mass is 9.97. The molecule has 0 aliphatic heterocycles. The lowest BCUT2D eigenvalue weighted by molar-refractivity contribution is -0.147. The summed E-state index contributed by atoms with van der Waals surface area (Å²) in [6.07, 6.45) is 10.8. The van der Waals surface area contributed by atoms with Crippen molar-refractivity contribution in [1.82, 2.24) is 0 Å². The van der Waals surface area contributed by atoms with E-state index in [-0.39, 0.29) is 11.9 Å². The summed E-state index contributed by atoms with van der Waals surface area (Å²) in [7, 11) is 0. The Hall–Kier alpha value is -1.05. The zero-order valence-corrected chi connectivity index (χ0v) is 11.7. The van der Waals surface area contributed by atoms with Crippen molar-refractivity contribution in [2.75, 3.05) is 6.61 Å². The van der Waals surface area contributed by atoms with Crippen molar-refractivity contribution >= 4 is 5.97 Å². The first kappa shape index (κ1) is 16.0. The van der Waals surface area contributed by atoms with E-state index in [0.717, 1.165) is 25.7 Å². The first-order chi connectivity index (χ1) is 8.24. The van der Waals surface area contributed by atoms with Crippen LogP contribution < -0.4 is 0 Å². The van der Waals surface area contributed by atoms with Crippen LogP contribution in [0.2, 0.25) is 0 Å². The molecule has 0 aromatic heterocycles. The second-order valence-electron chi connectivity index (χ2n) is 3.95. The Morgan fingerprint density at radius 3 is 2.65 bits per heavy atom. The average molecular weight is 238 g/mol. The highest BCUT2D eigenvalue weighted by atomic mass is 16.5. The van der Waals surface area contributed by atoms with Crippen LogP contribution in [0.4, 0.5) is 0 Å². The highest BCUT2D eigenvalue weighted by molar-refractivity contribution is 5.71. The zero-order valence-electron chi connectivity index (χ0n) is 11.7. The van der Waals surface area contributed by atoms with Crippen LogP contribution in [0.5, 0.6) is 0 Å². The average Bonchev–Trinajstić information content (AvgIpc) is 2.40. The molecule has 0 aromatic carbocycles. The van der Waals surface area contributed by atoms with E-state index in [1.807, 2.05) is 27.7 Å². The first-order valence-corrected chi connectivity index (χ1v) is 6.76. The molecule has 1 atom stereocenters. The van der Waals surface area contributed by atoms with Gasteiger partial charge in [0.15, 0.2) is 0 Å². The number of carbonyl (C=O) groups excluding carboxylic acids is 1. The molecule has 17 heavy (non-hydrogen) atoms. The molecular weight excluding hydrogens is 212 g/mol. The number of rotatable bonds is 5. The summed E-state index contributed by atoms with van der Waals surface area (Å²) < 4.78 is 4.97. The Balaban J connectivity index is 0.00000121. The molecule has 0 heterocycles. The van der Waals surface area contributed by atoms with E-state index in [1.54, 1.807) is 0 Å². The fourth-order valence-corrected chi connectivity index (χ4v) is 1.64. The fraction of sp³-hybridized carbons (Fsp3) is 0.667. The lowest BCUT2D eigenvalue weighted by Gasteiger charge is -2.11. The van der Waals surface area contributed by atoms with Crippen molar-refractivity contribution in [3.63, 3.8) is 0 Å². The van der Waals surface area contributed by atoms with Gasteiger partial charge in [0.1, 0.15) is 0 Å². The van der Waals surface area contributed by atoms with Crippen molar-refractivity contribution in [2.24, 2.45) is 5.92 Å². The van der Waals surface area contributed by atoms with Crippen LogP contribution in [0.25, 0.3) is 0 Å². The molecule has 0 amide bonds. The standard InChI is InChI=1S/C13H20O2.C2H6/c1-3-15-13(14)11(2)9-10-12-7-5-4-6-8-12;1-2/h5,7-8,11H,3-4,6,9-10H2,1-2H3;1-2H3/t11-;/m0./s1. The fourth-order valence-electron chi connectivity index (χ4n) is 1.64. The van der Waals surface area contributed by atoms with Crippen molar-refractivity contribution in [3.05, 3.63) is 23.8 Å². The van der Waals surface area contributed by atoms with E-state index in [4.69, 9.17) is 4.74 Å². The first-order valence-electron chi connectivity index (χ1n) is 6.76. The Labute approximate surface area is 106 Å². The zero-order chi connectivity index (χ0) is 13.1. The van der Waals surface area contributed by atoms with E-state index in [9.17, 15) is 4.79 Å². The van der Waals surface area contributed by atoms with Crippen molar-refractivity contribution in [3.8, 4) is 0 Å². The van der Waals surface area contributed by atoms with Crippen molar-refractivity contribution < 1.29 is 9.53 Å². The summed E-state index contributed by atoms with van der Waals surface area (Å²) in [5.74, 6) is -0.0564. The third-order valence-corrected chi connectivity index (χ3v) is 2.63. The van der Waals surface area contributed by atoms with Gasteiger partial charge in [0.2, 0.25) is 0 Å². The molecular formula is C15H26O2. The molecule has 1 aliphatic carbocycles. The Bertz CT molecular complexity index is 264. The maximum absolute atomic E-state index is 11.4. The van der Waals surface area contributed by atoms with Gasteiger partial charge in [-0.2, -0.15) is 0 Å². The second kappa shape index (κ2) is 10.1. The predicted octanol–water partition coefficient (Wildman–Crippen LogP) is 4.27. The van der Waals surface area contributed by atoms with Gasteiger partial charge in [0.05, 0.1) is 12.5 Å². The molecule has 0 spiro atoms. The molecule has 0 fully saturated rings. The quantitative estimate of drug-likeness (QED) is 0.669. The Morgan fingerprint density at radius 2 is 2.12 bits per heavy atom. The van der Waals surface area contributed by atoms with Crippen molar-refractivity contribution in [1.29, 1.82) is 0 Å². The Kier molecular flexibility index (Phi) is 9.50. The molecule has 0 aromatic rings. The van der Waals surface area contributed by atoms with Gasteiger partial charge in [-0.1, -0.05) is 44.6 Å². The summed E-state index contributed by atoms with van der Waals surface area (Å²) >= 11 is 0. The van der Waals surface area contributed by atoms with E-state index < -0.39 is 0 Å². The maximum atomic E-state index is 11.4. The molecule has 1 rings (SSSR count). The van der Waals surface area contributed by atoms with Gasteiger partial charge in [-0.15, -0.1) is 0 Å². The summed E-state index contributed by atoms with van der Waals surface area (Å²) in [6.45, 7) is 8.26. The Morgan fingerprint density at radius 1 is 1.41 bits per heavy atom. The smallest absolute Gasteiger partial charge is 0.308 e. The molecule has 0 N–H and O–H groups in total. The predicted molar refractivity (Wildman–Crippen MR) is 72.8 cm³/mol. The number of hydrogen-bond acceptors (Lipinski definition) is 2. The molecule has 0 saturated carbocycles. The molecule has 2 nitrogen and oxygen atoms in total. The molecule has 1 aliphatic rings. The number of carbonyl (C=O) groups is 1. The molecule has 0 bridgehead atoms. The van der Waals surface area contributed by atoms with Crippen LogP contribution in [0, 0.1) is 5.92 Å². The van der Waals surface area contributed by atoms with Gasteiger partial charge in [-0.3, -0.25) is 4.79 Å². The van der Waals surface area contributed by atoms with Gasteiger partial charge in [-0.05, 0) is 32.6 Å². The van der Waals surface area contributed by atoms with Crippen LogP contribution in [0.1, 0.15) is 53.4 Å². The number of hydrogen-bond donors (Lipinski definition) is 0. The van der Waals surface area contributed by atoms with Gasteiger partial charge in [0, 0.05) is 0 Å². The number of esters is 1. The minimum Gasteiger partial charge on any atom is -0.466 e. The third kappa shape index (κ3) is 6.98. The van der Waals surface area contributed by atoms with Crippen molar-refractivity contribution in [2.45, 2.75) is 53.4 Å². The lowest BCUT2D eigenvalue weighted by Crippen LogP contribution is -2.14. The van der Waals surface area contributed by atoms with Gasteiger partial charge in [-0.25, -0.2) is 0 Å². The van der Waals surface area contributed by atoms with Crippen LogP contribution in [0.3, 0.4) is 0 Å². The SMILES string of the molecule is CC.CCOC(=O)[C@@H](C)CCC1=CCCC=C1. The number of allylic oxidation sites excluding steroid dienone is 4. The highest BCUT2D eigenvalue weighted by Gasteiger charge is 2.13. The summed E-state index contributed by atoms with van der Waals surface area (Å²) in [5.41, 5.74) is 1.36. The normalized spacial score (nSPS) is 15.4. The summed E-state index contributed by atoms with van der Waals surface area (Å²) in [6, 6.07) is 0. The molecule has 98 valence electrons. The third-order valence-electron chi connectivity index (χ3n) is 2.63. The molecule has 0 saturated heterocycles. The monoisotopic (exact) mass is 238 g/mol.